The quantitative estimate of drug-likeness (QED) is 0.717. The van der Waals surface area contributed by atoms with Gasteiger partial charge >= 0.3 is 0 Å². The summed E-state index contributed by atoms with van der Waals surface area (Å²) in [7, 11) is 4.91. The summed E-state index contributed by atoms with van der Waals surface area (Å²) < 4.78 is 16.1. The van der Waals surface area contributed by atoms with Gasteiger partial charge in [0.2, 0.25) is 5.91 Å². The van der Waals surface area contributed by atoms with E-state index in [1.54, 1.807) is 50.4 Å². The van der Waals surface area contributed by atoms with Gasteiger partial charge in [-0.1, -0.05) is 18.2 Å². The summed E-state index contributed by atoms with van der Waals surface area (Å²) in [5, 5.41) is 2.68. The van der Waals surface area contributed by atoms with E-state index < -0.39 is 0 Å². The van der Waals surface area contributed by atoms with Crippen molar-refractivity contribution >= 4 is 17.5 Å². The van der Waals surface area contributed by atoms with E-state index in [0.29, 0.717) is 35.9 Å². The van der Waals surface area contributed by atoms with Crippen molar-refractivity contribution in [2.24, 2.45) is 0 Å². The van der Waals surface area contributed by atoms with E-state index in [-0.39, 0.29) is 18.4 Å². The molecule has 0 unspecified atom stereocenters. The largest absolute Gasteiger partial charge is 0.493 e. The van der Waals surface area contributed by atoms with Gasteiger partial charge in [0.05, 0.1) is 19.9 Å². The van der Waals surface area contributed by atoms with Crippen molar-refractivity contribution in [2.75, 3.05) is 39.7 Å². The summed E-state index contributed by atoms with van der Waals surface area (Å²) in [4.78, 5) is 25.2. The molecule has 2 amide bonds. The molecule has 0 spiro atoms. The number of rotatable bonds is 9. The highest BCUT2D eigenvalue weighted by Gasteiger charge is 2.12. The highest BCUT2D eigenvalue weighted by Crippen LogP contribution is 2.27. The summed E-state index contributed by atoms with van der Waals surface area (Å²) in [6.45, 7) is 1.84. The van der Waals surface area contributed by atoms with Crippen LogP contribution in [0.15, 0.2) is 42.5 Å². The molecule has 2 aromatic carbocycles. The molecular formula is C21H26N2O5. The zero-order valence-electron chi connectivity index (χ0n) is 16.7. The Morgan fingerprint density at radius 1 is 1.00 bits per heavy atom. The van der Waals surface area contributed by atoms with E-state index in [4.69, 9.17) is 14.2 Å². The van der Waals surface area contributed by atoms with Crippen molar-refractivity contribution in [3.05, 3.63) is 48.0 Å². The van der Waals surface area contributed by atoms with Crippen LogP contribution < -0.4 is 19.5 Å². The number of nitrogens with one attached hydrogen (secondary N) is 1. The number of hydrogen-bond acceptors (Lipinski definition) is 5. The van der Waals surface area contributed by atoms with E-state index in [2.05, 4.69) is 5.32 Å². The molecule has 150 valence electrons. The maximum atomic E-state index is 12.4. The predicted octanol–water partition coefficient (Wildman–Crippen LogP) is 2.74. The maximum Gasteiger partial charge on any atom is 0.260 e. The number of benzene rings is 2. The first-order valence-corrected chi connectivity index (χ1v) is 8.89. The first kappa shape index (κ1) is 21.1. The van der Waals surface area contributed by atoms with E-state index in [1.165, 1.54) is 6.92 Å². The van der Waals surface area contributed by atoms with Crippen LogP contribution in [0.1, 0.15) is 12.5 Å². The second kappa shape index (κ2) is 10.2. The first-order valence-electron chi connectivity index (χ1n) is 8.89. The van der Waals surface area contributed by atoms with Crippen molar-refractivity contribution in [2.45, 2.75) is 13.3 Å². The molecule has 0 fully saturated rings. The Morgan fingerprint density at radius 3 is 2.39 bits per heavy atom. The van der Waals surface area contributed by atoms with Crippen LogP contribution in [0.25, 0.3) is 0 Å². The smallest absolute Gasteiger partial charge is 0.260 e. The number of carbonyl (C=O) groups excluding carboxylic acids is 2. The van der Waals surface area contributed by atoms with Gasteiger partial charge in [-0.05, 0) is 36.2 Å². The minimum absolute atomic E-state index is 0.112. The average Bonchev–Trinajstić information content (AvgIpc) is 2.70. The fourth-order valence-electron chi connectivity index (χ4n) is 2.59. The third kappa shape index (κ3) is 5.90. The Morgan fingerprint density at radius 2 is 1.71 bits per heavy atom. The lowest BCUT2D eigenvalue weighted by atomic mass is 10.1. The molecule has 2 aromatic rings. The Bertz CT molecular complexity index is 822. The molecule has 0 atom stereocenters. The molecule has 0 aromatic heterocycles. The Hall–Kier alpha value is -3.22. The molecule has 0 saturated carbocycles. The van der Waals surface area contributed by atoms with Crippen molar-refractivity contribution < 1.29 is 23.8 Å². The number of para-hydroxylation sites is 2. The Balaban J connectivity index is 1.89. The molecular weight excluding hydrogens is 360 g/mol. The monoisotopic (exact) mass is 386 g/mol. The highest BCUT2D eigenvalue weighted by molar-refractivity contribution is 5.90. The molecule has 0 aliphatic heterocycles. The number of likely N-dealkylation sites (N-methyl/N-ethyl adjacent to an activating group) is 1. The zero-order chi connectivity index (χ0) is 20.5. The van der Waals surface area contributed by atoms with Crippen LogP contribution in [-0.2, 0) is 16.0 Å². The maximum absolute atomic E-state index is 12.4. The van der Waals surface area contributed by atoms with Crippen LogP contribution >= 0.6 is 0 Å². The number of amides is 2. The van der Waals surface area contributed by atoms with Gasteiger partial charge < -0.3 is 24.4 Å². The molecule has 1 N–H and O–H groups in total. The molecule has 7 nitrogen and oxygen atoms in total. The van der Waals surface area contributed by atoms with Crippen LogP contribution in [0.4, 0.5) is 5.69 Å². The zero-order valence-corrected chi connectivity index (χ0v) is 16.7. The lowest BCUT2D eigenvalue weighted by Crippen LogP contribution is -2.33. The van der Waals surface area contributed by atoms with Gasteiger partial charge in [0, 0.05) is 20.5 Å². The number of anilines is 1. The first-order chi connectivity index (χ1) is 13.4. The second-order valence-electron chi connectivity index (χ2n) is 6.22. The lowest BCUT2D eigenvalue weighted by molar-refractivity contribution is -0.132. The van der Waals surface area contributed by atoms with Crippen LogP contribution in [0.2, 0.25) is 0 Å². The molecule has 7 heteroatoms. The van der Waals surface area contributed by atoms with Crippen LogP contribution in [-0.4, -0.2) is 51.1 Å². The van der Waals surface area contributed by atoms with E-state index >= 15 is 0 Å². The summed E-state index contributed by atoms with van der Waals surface area (Å²) in [6, 6.07) is 12.7. The highest BCUT2D eigenvalue weighted by atomic mass is 16.5. The molecule has 28 heavy (non-hydrogen) atoms. The van der Waals surface area contributed by atoms with Gasteiger partial charge in [-0.2, -0.15) is 0 Å². The third-order valence-corrected chi connectivity index (χ3v) is 4.16. The second-order valence-corrected chi connectivity index (χ2v) is 6.22. The Labute approximate surface area is 165 Å². The molecule has 0 aliphatic rings. The van der Waals surface area contributed by atoms with Crippen molar-refractivity contribution in [1.29, 1.82) is 0 Å². The fraction of sp³-hybridized carbons (Fsp3) is 0.333. The van der Waals surface area contributed by atoms with Crippen molar-refractivity contribution in [3.8, 4) is 17.2 Å². The van der Waals surface area contributed by atoms with Crippen LogP contribution in [0.3, 0.4) is 0 Å². The molecule has 0 saturated heterocycles. The molecule has 0 heterocycles. The number of methoxy groups -OCH3 is 2. The summed E-state index contributed by atoms with van der Waals surface area (Å²) in [5.41, 5.74) is 1.57. The normalized spacial score (nSPS) is 10.1. The van der Waals surface area contributed by atoms with Gasteiger partial charge in [-0.25, -0.2) is 0 Å². The molecule has 0 bridgehead atoms. The van der Waals surface area contributed by atoms with Crippen LogP contribution in [0.5, 0.6) is 17.2 Å². The number of nitrogens with zero attached hydrogens (tertiary/aromatic N) is 1. The third-order valence-electron chi connectivity index (χ3n) is 4.16. The lowest BCUT2D eigenvalue weighted by Gasteiger charge is -2.18. The van der Waals surface area contributed by atoms with Gasteiger partial charge in [0.25, 0.3) is 5.91 Å². The minimum Gasteiger partial charge on any atom is -0.493 e. The standard InChI is InChI=1S/C21H26N2O5/c1-15(24)22-17-7-5-6-8-18(17)28-14-21(25)23(2)12-11-16-9-10-19(26-3)20(13-16)27-4/h5-10,13H,11-12,14H2,1-4H3,(H,22,24). The fourth-order valence-corrected chi connectivity index (χ4v) is 2.59. The van der Waals surface area contributed by atoms with Crippen molar-refractivity contribution in [1.82, 2.24) is 4.90 Å². The minimum atomic E-state index is -0.200. The van der Waals surface area contributed by atoms with Crippen LogP contribution in [0, 0.1) is 0 Å². The van der Waals surface area contributed by atoms with E-state index in [1.807, 2.05) is 18.2 Å². The summed E-state index contributed by atoms with van der Waals surface area (Å²) in [5.74, 6) is 1.43. The number of ether oxygens (including phenoxy) is 3. The average molecular weight is 386 g/mol. The van der Waals surface area contributed by atoms with Gasteiger partial charge in [-0.3, -0.25) is 9.59 Å². The van der Waals surface area contributed by atoms with Gasteiger partial charge in [-0.15, -0.1) is 0 Å². The SMILES string of the molecule is COc1ccc(CCN(C)C(=O)COc2ccccc2NC(C)=O)cc1OC. The van der Waals surface area contributed by atoms with Crippen molar-refractivity contribution in [3.63, 3.8) is 0 Å². The predicted molar refractivity (Wildman–Crippen MR) is 107 cm³/mol. The molecule has 0 radical (unpaired) electrons. The summed E-state index contributed by atoms with van der Waals surface area (Å²) >= 11 is 0. The Kier molecular flexibility index (Phi) is 7.68. The van der Waals surface area contributed by atoms with Gasteiger partial charge in [0.15, 0.2) is 18.1 Å². The molecule has 2 rings (SSSR count). The summed E-state index contributed by atoms with van der Waals surface area (Å²) in [6.07, 6.45) is 0.672. The van der Waals surface area contributed by atoms with Gasteiger partial charge in [0.1, 0.15) is 5.75 Å². The molecule has 0 aliphatic carbocycles. The number of hydrogen-bond donors (Lipinski definition) is 1. The topological polar surface area (TPSA) is 77.1 Å². The number of carbonyl (C=O) groups is 2. The van der Waals surface area contributed by atoms with E-state index in [0.717, 1.165) is 5.56 Å². The van der Waals surface area contributed by atoms with E-state index in [9.17, 15) is 9.59 Å².